The van der Waals surface area contributed by atoms with E-state index in [1.165, 1.54) is 12.1 Å². The lowest BCUT2D eigenvalue weighted by Crippen LogP contribution is -2.27. The van der Waals surface area contributed by atoms with Crippen molar-refractivity contribution in [2.24, 2.45) is 0 Å². The van der Waals surface area contributed by atoms with Crippen molar-refractivity contribution in [1.82, 2.24) is 24.1 Å². The van der Waals surface area contributed by atoms with E-state index in [0.29, 0.717) is 64.3 Å². The number of hydrogen-bond acceptors (Lipinski definition) is 5. The molecule has 0 saturated carbocycles. The van der Waals surface area contributed by atoms with Crippen LogP contribution < -0.4 is 5.56 Å². The Kier molecular flexibility index (Phi) is 5.11. The lowest BCUT2D eigenvalue weighted by Gasteiger charge is -2.12. The van der Waals surface area contributed by atoms with Crippen molar-refractivity contribution >= 4 is 44.8 Å². The van der Waals surface area contributed by atoms with Gasteiger partial charge in [0, 0.05) is 13.5 Å². The van der Waals surface area contributed by atoms with Crippen LogP contribution in [0.25, 0.3) is 38.9 Å². The molecule has 0 fully saturated rings. The molecule has 32 heavy (non-hydrogen) atoms. The van der Waals surface area contributed by atoms with Crippen LogP contribution in [0.4, 0.5) is 4.39 Å². The average molecular weight is 452 g/mol. The molecule has 0 saturated heterocycles. The van der Waals surface area contributed by atoms with Gasteiger partial charge in [-0.15, -0.1) is 0 Å². The van der Waals surface area contributed by atoms with Gasteiger partial charge in [0.15, 0.2) is 11.3 Å². The summed E-state index contributed by atoms with van der Waals surface area (Å²) in [5.74, 6) is 0.0817. The molecular weight excluding hydrogens is 433 g/mol. The molecule has 0 radical (unpaired) electrons. The Balaban J connectivity index is 1.97. The normalized spacial score (nSPS) is 11.8. The molecule has 3 aromatic heterocycles. The largest absolute Gasteiger partial charge is 0.383 e. The molecular formula is C23H19ClFN5O2. The molecule has 0 N–H and O–H groups in total. The fraction of sp³-hybridized carbons (Fsp3) is 0.217. The summed E-state index contributed by atoms with van der Waals surface area (Å²) in [4.78, 5) is 28.0. The summed E-state index contributed by atoms with van der Waals surface area (Å²) in [6, 6.07) is 11.8. The number of para-hydroxylation sites is 2. The third-order valence-electron chi connectivity index (χ3n) is 5.44. The summed E-state index contributed by atoms with van der Waals surface area (Å²) in [7, 11) is 1.59. The van der Waals surface area contributed by atoms with E-state index in [1.807, 2.05) is 31.2 Å². The summed E-state index contributed by atoms with van der Waals surface area (Å²) in [6.45, 7) is 2.68. The predicted octanol–water partition coefficient (Wildman–Crippen LogP) is 4.28. The van der Waals surface area contributed by atoms with Gasteiger partial charge in [-0.1, -0.05) is 30.7 Å². The first-order valence-electron chi connectivity index (χ1n) is 10.2. The van der Waals surface area contributed by atoms with Crippen LogP contribution in [-0.4, -0.2) is 37.8 Å². The zero-order chi connectivity index (χ0) is 22.4. The predicted molar refractivity (Wildman–Crippen MR) is 122 cm³/mol. The fourth-order valence-electron chi connectivity index (χ4n) is 3.92. The number of nitrogens with zero attached hydrogens (tertiary/aromatic N) is 5. The van der Waals surface area contributed by atoms with Crippen LogP contribution in [0.5, 0.6) is 0 Å². The van der Waals surface area contributed by atoms with Crippen LogP contribution >= 0.6 is 11.6 Å². The Morgan fingerprint density at radius 2 is 1.81 bits per heavy atom. The van der Waals surface area contributed by atoms with Gasteiger partial charge in [-0.05, 0) is 30.3 Å². The Labute approximate surface area is 187 Å². The van der Waals surface area contributed by atoms with Crippen molar-refractivity contribution in [3.63, 3.8) is 0 Å². The van der Waals surface area contributed by atoms with Crippen molar-refractivity contribution in [1.29, 1.82) is 0 Å². The van der Waals surface area contributed by atoms with Crippen molar-refractivity contribution in [3.8, 4) is 5.69 Å². The van der Waals surface area contributed by atoms with Gasteiger partial charge in [-0.3, -0.25) is 13.9 Å². The molecule has 5 aromatic rings. The average Bonchev–Trinajstić information content (AvgIpc) is 3.11. The van der Waals surface area contributed by atoms with Crippen molar-refractivity contribution in [2.45, 2.75) is 19.9 Å². The lowest BCUT2D eigenvalue weighted by molar-refractivity contribution is 0.185. The third-order valence-corrected chi connectivity index (χ3v) is 5.73. The van der Waals surface area contributed by atoms with Crippen LogP contribution in [0.2, 0.25) is 5.02 Å². The van der Waals surface area contributed by atoms with E-state index in [0.717, 1.165) is 0 Å². The molecule has 0 amide bonds. The maximum atomic E-state index is 13.9. The van der Waals surface area contributed by atoms with Gasteiger partial charge in [-0.25, -0.2) is 19.3 Å². The molecule has 0 aliphatic rings. The lowest BCUT2D eigenvalue weighted by atomic mass is 10.3. The number of halogens is 2. The Morgan fingerprint density at radius 1 is 1.06 bits per heavy atom. The van der Waals surface area contributed by atoms with Crippen LogP contribution in [0, 0.1) is 5.82 Å². The first kappa shape index (κ1) is 20.5. The number of fused-ring (bicyclic) bond motifs is 4. The summed E-state index contributed by atoms with van der Waals surface area (Å²) in [5.41, 5.74) is 2.97. The highest BCUT2D eigenvalue weighted by Gasteiger charge is 2.23. The maximum absolute atomic E-state index is 13.9. The molecule has 0 unspecified atom stereocenters. The van der Waals surface area contributed by atoms with E-state index >= 15 is 0 Å². The minimum Gasteiger partial charge on any atom is -0.383 e. The minimum absolute atomic E-state index is 0.0320. The zero-order valence-corrected chi connectivity index (χ0v) is 18.2. The number of methoxy groups -OCH3 is 1. The second-order valence-electron chi connectivity index (χ2n) is 7.35. The molecule has 2 aromatic carbocycles. The van der Waals surface area contributed by atoms with Crippen LogP contribution in [-0.2, 0) is 17.7 Å². The van der Waals surface area contributed by atoms with Crippen molar-refractivity contribution < 1.29 is 9.13 Å². The van der Waals surface area contributed by atoms with Crippen LogP contribution in [0.3, 0.4) is 0 Å². The topological polar surface area (TPSA) is 74.8 Å². The van der Waals surface area contributed by atoms with Crippen LogP contribution in [0.15, 0.2) is 47.3 Å². The van der Waals surface area contributed by atoms with Crippen molar-refractivity contribution in [2.75, 3.05) is 13.7 Å². The Hall–Kier alpha value is -3.36. The molecule has 7 nitrogen and oxygen atoms in total. The summed E-state index contributed by atoms with van der Waals surface area (Å²) >= 11 is 6.08. The van der Waals surface area contributed by atoms with Gasteiger partial charge in [0.2, 0.25) is 0 Å². The number of aryl methyl sites for hydroxylation is 1. The van der Waals surface area contributed by atoms with Gasteiger partial charge in [0.1, 0.15) is 22.5 Å². The summed E-state index contributed by atoms with van der Waals surface area (Å²) in [5, 5.41) is 0.322. The van der Waals surface area contributed by atoms with Gasteiger partial charge in [-0.2, -0.15) is 0 Å². The molecule has 0 atom stereocenters. The number of benzene rings is 2. The minimum atomic E-state index is -0.531. The number of aromatic nitrogens is 5. The number of hydrogen-bond donors (Lipinski definition) is 0. The van der Waals surface area contributed by atoms with E-state index in [4.69, 9.17) is 31.3 Å². The summed E-state index contributed by atoms with van der Waals surface area (Å²) in [6.07, 6.45) is 0.545. The van der Waals surface area contributed by atoms with Gasteiger partial charge in [0.25, 0.3) is 5.56 Å². The standard InChI is InChI=1S/C23H19ClFN5O2/c1-3-18-28-21-19(23(31)29(18)10-11-32-2)20-22(27-17-7-5-4-6-16(17)26-20)30(21)13-8-9-15(25)14(24)12-13/h4-9,12H,3,10-11H2,1-2H3. The molecule has 0 aliphatic heterocycles. The molecule has 5 rings (SSSR count). The first-order chi connectivity index (χ1) is 15.5. The molecule has 162 valence electrons. The van der Waals surface area contributed by atoms with E-state index in [-0.39, 0.29) is 10.6 Å². The van der Waals surface area contributed by atoms with Gasteiger partial charge >= 0.3 is 0 Å². The third kappa shape index (κ3) is 3.14. The van der Waals surface area contributed by atoms with E-state index in [1.54, 1.807) is 22.3 Å². The molecule has 0 spiro atoms. The van der Waals surface area contributed by atoms with E-state index in [2.05, 4.69) is 0 Å². The Morgan fingerprint density at radius 3 is 2.50 bits per heavy atom. The van der Waals surface area contributed by atoms with Crippen LogP contribution in [0.1, 0.15) is 12.7 Å². The number of rotatable bonds is 5. The molecule has 3 heterocycles. The highest BCUT2D eigenvalue weighted by Crippen LogP contribution is 2.30. The molecule has 0 bridgehead atoms. The van der Waals surface area contributed by atoms with Gasteiger partial charge < -0.3 is 4.74 Å². The zero-order valence-electron chi connectivity index (χ0n) is 17.5. The summed E-state index contributed by atoms with van der Waals surface area (Å²) < 4.78 is 22.4. The van der Waals surface area contributed by atoms with E-state index < -0.39 is 5.82 Å². The van der Waals surface area contributed by atoms with E-state index in [9.17, 15) is 9.18 Å². The Bertz CT molecular complexity index is 1560. The maximum Gasteiger partial charge on any atom is 0.265 e. The second kappa shape index (κ2) is 7.96. The second-order valence-corrected chi connectivity index (χ2v) is 7.76. The van der Waals surface area contributed by atoms with Crippen molar-refractivity contribution in [3.05, 3.63) is 69.5 Å². The first-order valence-corrected chi connectivity index (χ1v) is 10.6. The molecule has 9 heteroatoms. The molecule has 0 aliphatic carbocycles. The smallest absolute Gasteiger partial charge is 0.265 e. The fourth-order valence-corrected chi connectivity index (χ4v) is 4.10. The SMILES string of the molecule is CCc1nc2c(c(=O)n1CCOC)c1nc3ccccc3nc1n2-c1ccc(F)c(Cl)c1. The number of ether oxygens (including phenoxy) is 1. The quantitative estimate of drug-likeness (QED) is 0.398. The highest BCUT2D eigenvalue weighted by molar-refractivity contribution is 6.31. The highest BCUT2D eigenvalue weighted by atomic mass is 35.5. The monoisotopic (exact) mass is 451 g/mol. The van der Waals surface area contributed by atoms with Gasteiger partial charge in [0.05, 0.1) is 34.9 Å².